The van der Waals surface area contributed by atoms with E-state index in [1.807, 2.05) is 30.3 Å². The number of imidazole rings is 1. The largest absolute Gasteiger partial charge is 0.322 e. The van der Waals surface area contributed by atoms with E-state index in [1.54, 1.807) is 4.57 Å². The van der Waals surface area contributed by atoms with Gasteiger partial charge in [0.15, 0.2) is 0 Å². The number of nitrogens with zero attached hydrogens (tertiary/aromatic N) is 3. The minimum atomic E-state index is -0.601. The normalized spacial score (nSPS) is 10.7. The van der Waals surface area contributed by atoms with Crippen LogP contribution in [0.3, 0.4) is 0 Å². The first-order chi connectivity index (χ1) is 10.2. The Kier molecular flexibility index (Phi) is 3.36. The van der Waals surface area contributed by atoms with Gasteiger partial charge in [-0.3, -0.25) is 0 Å². The van der Waals surface area contributed by atoms with Gasteiger partial charge in [-0.2, -0.15) is 5.26 Å². The number of aromatic nitrogens is 2. The summed E-state index contributed by atoms with van der Waals surface area (Å²) in [7, 11) is 0. The van der Waals surface area contributed by atoms with E-state index in [2.05, 4.69) is 4.98 Å². The van der Waals surface area contributed by atoms with Gasteiger partial charge in [-0.05, 0) is 24.3 Å². The number of fused-ring (bicyclic) bond motifs is 1. The van der Waals surface area contributed by atoms with E-state index in [9.17, 15) is 8.78 Å². The lowest BCUT2D eigenvalue weighted by molar-refractivity contribution is 0.544. The first-order valence-corrected chi connectivity index (χ1v) is 6.44. The molecule has 2 aromatic carbocycles. The Morgan fingerprint density at radius 1 is 1.05 bits per heavy atom. The summed E-state index contributed by atoms with van der Waals surface area (Å²) in [5.74, 6) is -0.701. The molecule has 0 saturated carbocycles. The van der Waals surface area contributed by atoms with E-state index in [0.717, 1.165) is 5.52 Å². The van der Waals surface area contributed by atoms with Crippen LogP contribution in [-0.2, 0) is 13.0 Å². The van der Waals surface area contributed by atoms with Crippen molar-refractivity contribution in [3.63, 3.8) is 0 Å². The van der Waals surface area contributed by atoms with Gasteiger partial charge in [-0.25, -0.2) is 13.8 Å². The molecule has 1 heterocycles. The lowest BCUT2D eigenvalue weighted by Gasteiger charge is -2.09. The second-order valence-corrected chi connectivity index (χ2v) is 4.64. The molecule has 21 heavy (non-hydrogen) atoms. The predicted octanol–water partition coefficient (Wildman–Crippen LogP) is 3.43. The van der Waals surface area contributed by atoms with Crippen molar-refractivity contribution in [2.75, 3.05) is 0 Å². The van der Waals surface area contributed by atoms with E-state index in [-0.39, 0.29) is 18.5 Å². The van der Waals surface area contributed by atoms with Crippen LogP contribution in [0.4, 0.5) is 8.78 Å². The van der Waals surface area contributed by atoms with Crippen LogP contribution in [0.25, 0.3) is 11.0 Å². The summed E-state index contributed by atoms with van der Waals surface area (Å²) < 4.78 is 29.3. The van der Waals surface area contributed by atoms with Crippen LogP contribution in [0.5, 0.6) is 0 Å². The van der Waals surface area contributed by atoms with E-state index < -0.39 is 11.6 Å². The number of benzene rings is 2. The van der Waals surface area contributed by atoms with Gasteiger partial charge in [0.05, 0.1) is 30.1 Å². The fraction of sp³-hybridized carbons (Fsp3) is 0.125. The first kappa shape index (κ1) is 13.3. The fourth-order valence-electron chi connectivity index (χ4n) is 2.35. The average Bonchev–Trinajstić information content (AvgIpc) is 2.81. The zero-order chi connectivity index (χ0) is 14.8. The van der Waals surface area contributed by atoms with Gasteiger partial charge in [0.1, 0.15) is 17.5 Å². The number of rotatable bonds is 3. The number of para-hydroxylation sites is 2. The van der Waals surface area contributed by atoms with E-state index in [4.69, 9.17) is 5.26 Å². The lowest BCUT2D eigenvalue weighted by Crippen LogP contribution is -2.08. The molecule has 0 fully saturated rings. The summed E-state index contributed by atoms with van der Waals surface area (Å²) in [5, 5.41) is 8.89. The zero-order valence-electron chi connectivity index (χ0n) is 11.1. The molecule has 0 aliphatic heterocycles. The van der Waals surface area contributed by atoms with Crippen LogP contribution in [0, 0.1) is 23.0 Å². The van der Waals surface area contributed by atoms with E-state index >= 15 is 0 Å². The lowest BCUT2D eigenvalue weighted by atomic mass is 10.2. The minimum absolute atomic E-state index is 0.00995. The number of nitriles is 1. The molecule has 5 heteroatoms. The molecule has 3 aromatic rings. The van der Waals surface area contributed by atoms with Crippen molar-refractivity contribution in [1.29, 1.82) is 5.26 Å². The third-order valence-electron chi connectivity index (χ3n) is 3.35. The number of halogens is 2. The molecule has 0 aliphatic rings. The van der Waals surface area contributed by atoms with E-state index in [0.29, 0.717) is 11.3 Å². The number of hydrogen-bond donors (Lipinski definition) is 0. The quantitative estimate of drug-likeness (QED) is 0.739. The average molecular weight is 283 g/mol. The zero-order valence-corrected chi connectivity index (χ0v) is 11.1. The van der Waals surface area contributed by atoms with Gasteiger partial charge < -0.3 is 4.57 Å². The van der Waals surface area contributed by atoms with Crippen LogP contribution in [0.15, 0.2) is 42.5 Å². The minimum Gasteiger partial charge on any atom is -0.322 e. The molecule has 104 valence electrons. The Balaban J connectivity index is 2.15. The van der Waals surface area contributed by atoms with Crippen molar-refractivity contribution in [2.24, 2.45) is 0 Å². The van der Waals surface area contributed by atoms with Crippen molar-refractivity contribution >= 4 is 11.0 Å². The number of hydrogen-bond acceptors (Lipinski definition) is 2. The van der Waals surface area contributed by atoms with Gasteiger partial charge in [0.25, 0.3) is 0 Å². The van der Waals surface area contributed by atoms with Crippen LogP contribution >= 0.6 is 0 Å². The highest BCUT2D eigenvalue weighted by Crippen LogP contribution is 2.21. The Morgan fingerprint density at radius 3 is 2.48 bits per heavy atom. The SMILES string of the molecule is N#CCc1nc2ccccc2n1Cc1c(F)cccc1F. The highest BCUT2D eigenvalue weighted by molar-refractivity contribution is 5.76. The maximum atomic E-state index is 13.8. The monoisotopic (exact) mass is 283 g/mol. The molecule has 3 nitrogen and oxygen atoms in total. The summed E-state index contributed by atoms with van der Waals surface area (Å²) in [6.45, 7) is 0.00995. The molecular formula is C16H11F2N3. The summed E-state index contributed by atoms with van der Waals surface area (Å²) >= 11 is 0. The molecule has 1 aromatic heterocycles. The van der Waals surface area contributed by atoms with Crippen LogP contribution in [0.1, 0.15) is 11.4 Å². The van der Waals surface area contributed by atoms with Crippen molar-refractivity contribution in [3.8, 4) is 6.07 Å². The Bertz CT molecular complexity index is 826. The summed E-state index contributed by atoms with van der Waals surface area (Å²) in [6.07, 6.45) is 0.0880. The van der Waals surface area contributed by atoms with Gasteiger partial charge >= 0.3 is 0 Å². The molecule has 0 N–H and O–H groups in total. The molecule has 0 radical (unpaired) electrons. The van der Waals surface area contributed by atoms with Crippen LogP contribution < -0.4 is 0 Å². The molecule has 0 bridgehead atoms. The Morgan fingerprint density at radius 2 is 1.76 bits per heavy atom. The second-order valence-electron chi connectivity index (χ2n) is 4.64. The highest BCUT2D eigenvalue weighted by atomic mass is 19.1. The molecular weight excluding hydrogens is 272 g/mol. The van der Waals surface area contributed by atoms with Crippen molar-refractivity contribution in [3.05, 3.63) is 65.5 Å². The van der Waals surface area contributed by atoms with Gasteiger partial charge in [0, 0.05) is 5.56 Å². The molecule has 0 spiro atoms. The van der Waals surface area contributed by atoms with Crippen LogP contribution in [-0.4, -0.2) is 9.55 Å². The predicted molar refractivity (Wildman–Crippen MR) is 74.5 cm³/mol. The molecule has 0 unspecified atom stereocenters. The Hall–Kier alpha value is -2.74. The third kappa shape index (κ3) is 2.36. The van der Waals surface area contributed by atoms with Gasteiger partial charge in [-0.1, -0.05) is 18.2 Å². The third-order valence-corrected chi connectivity index (χ3v) is 3.35. The summed E-state index contributed by atoms with van der Waals surface area (Å²) in [4.78, 5) is 4.35. The molecule has 3 rings (SSSR count). The van der Waals surface area contributed by atoms with E-state index in [1.165, 1.54) is 18.2 Å². The maximum absolute atomic E-state index is 13.8. The molecule has 0 atom stereocenters. The standard InChI is InChI=1S/C16H11F2N3/c17-12-4-3-5-13(18)11(12)10-21-15-7-2-1-6-14(15)20-16(21)8-9-19/h1-7H,8,10H2. The van der Waals surface area contributed by atoms with Crippen molar-refractivity contribution < 1.29 is 8.78 Å². The van der Waals surface area contributed by atoms with Gasteiger partial charge in [-0.15, -0.1) is 0 Å². The molecule has 0 amide bonds. The highest BCUT2D eigenvalue weighted by Gasteiger charge is 2.15. The topological polar surface area (TPSA) is 41.6 Å². The van der Waals surface area contributed by atoms with Crippen molar-refractivity contribution in [1.82, 2.24) is 9.55 Å². The summed E-state index contributed by atoms with van der Waals surface area (Å²) in [5.41, 5.74) is 1.43. The molecule has 0 saturated heterocycles. The summed E-state index contributed by atoms with van der Waals surface area (Å²) in [6, 6.07) is 13.1. The first-order valence-electron chi connectivity index (χ1n) is 6.44. The smallest absolute Gasteiger partial charge is 0.131 e. The second kappa shape index (κ2) is 5.33. The fourth-order valence-corrected chi connectivity index (χ4v) is 2.35. The maximum Gasteiger partial charge on any atom is 0.131 e. The van der Waals surface area contributed by atoms with Crippen LogP contribution in [0.2, 0.25) is 0 Å². The van der Waals surface area contributed by atoms with Crippen molar-refractivity contribution in [2.45, 2.75) is 13.0 Å². The Labute approximate surface area is 120 Å². The van der Waals surface area contributed by atoms with Gasteiger partial charge in [0.2, 0.25) is 0 Å². The molecule has 0 aliphatic carbocycles.